The topological polar surface area (TPSA) is 17.1 Å². The summed E-state index contributed by atoms with van der Waals surface area (Å²) in [5.74, 6) is 0.0187. The van der Waals surface area contributed by atoms with E-state index in [1.54, 1.807) is 12.1 Å². The van der Waals surface area contributed by atoms with Gasteiger partial charge in [-0.1, -0.05) is 25.0 Å². The fourth-order valence-corrected chi connectivity index (χ4v) is 2.17. The first kappa shape index (κ1) is 12.0. The van der Waals surface area contributed by atoms with Crippen molar-refractivity contribution in [1.29, 1.82) is 0 Å². The fourth-order valence-electron chi connectivity index (χ4n) is 2.17. The van der Waals surface area contributed by atoms with E-state index in [-0.39, 0.29) is 11.6 Å². The summed E-state index contributed by atoms with van der Waals surface area (Å²) in [7, 11) is 0. The number of hydrogen-bond acceptors (Lipinski definition) is 1. The summed E-state index contributed by atoms with van der Waals surface area (Å²) in [6, 6.07) is 6.29. The molecule has 17 heavy (non-hydrogen) atoms. The summed E-state index contributed by atoms with van der Waals surface area (Å²) in [5, 5.41) is 0. The number of halogens is 1. The maximum Gasteiger partial charge on any atom is 0.158 e. The SMILES string of the molecule is O=C1CCCCCCC1=Cc1ccc(F)cc1. The molecule has 0 unspecified atom stereocenters. The molecule has 0 heterocycles. The summed E-state index contributed by atoms with van der Waals surface area (Å²) in [6.07, 6.45) is 7.87. The van der Waals surface area contributed by atoms with Crippen LogP contribution < -0.4 is 0 Å². The number of hydrogen-bond donors (Lipinski definition) is 0. The predicted octanol–water partition coefficient (Wildman–Crippen LogP) is 4.13. The Bertz CT molecular complexity index is 417. The van der Waals surface area contributed by atoms with Gasteiger partial charge in [-0.2, -0.15) is 0 Å². The average molecular weight is 232 g/mol. The number of allylic oxidation sites excluding steroid dienone is 1. The summed E-state index contributed by atoms with van der Waals surface area (Å²) < 4.78 is 12.8. The van der Waals surface area contributed by atoms with E-state index >= 15 is 0 Å². The minimum atomic E-state index is -0.240. The lowest BCUT2D eigenvalue weighted by atomic mass is 9.93. The summed E-state index contributed by atoms with van der Waals surface area (Å²) in [5.41, 5.74) is 1.81. The van der Waals surface area contributed by atoms with Crippen LogP contribution in [0.1, 0.15) is 44.1 Å². The van der Waals surface area contributed by atoms with E-state index in [1.165, 1.54) is 18.6 Å². The van der Waals surface area contributed by atoms with Gasteiger partial charge in [-0.05, 0) is 48.6 Å². The van der Waals surface area contributed by atoms with Gasteiger partial charge in [0, 0.05) is 6.42 Å². The van der Waals surface area contributed by atoms with Gasteiger partial charge in [0.15, 0.2) is 5.78 Å². The van der Waals surface area contributed by atoms with Crippen LogP contribution in [-0.2, 0) is 4.79 Å². The van der Waals surface area contributed by atoms with Crippen LogP contribution in [0.25, 0.3) is 6.08 Å². The summed E-state index contributed by atoms with van der Waals surface area (Å²) >= 11 is 0. The van der Waals surface area contributed by atoms with Gasteiger partial charge in [0.05, 0.1) is 0 Å². The van der Waals surface area contributed by atoms with Gasteiger partial charge in [-0.25, -0.2) is 4.39 Å². The quantitative estimate of drug-likeness (QED) is 0.665. The predicted molar refractivity (Wildman–Crippen MR) is 67.1 cm³/mol. The monoisotopic (exact) mass is 232 g/mol. The second-order valence-electron chi connectivity index (χ2n) is 4.56. The number of ketones is 1. The molecule has 2 heteroatoms. The van der Waals surface area contributed by atoms with Crippen molar-refractivity contribution >= 4 is 11.9 Å². The van der Waals surface area contributed by atoms with Crippen molar-refractivity contribution < 1.29 is 9.18 Å². The Morgan fingerprint density at radius 1 is 0.941 bits per heavy atom. The van der Waals surface area contributed by atoms with E-state index in [0.717, 1.165) is 36.8 Å². The van der Waals surface area contributed by atoms with Crippen LogP contribution >= 0.6 is 0 Å². The Kier molecular flexibility index (Phi) is 4.08. The minimum absolute atomic E-state index is 0.240. The molecule has 0 amide bonds. The van der Waals surface area contributed by atoms with Crippen LogP contribution in [0.5, 0.6) is 0 Å². The molecule has 2 rings (SSSR count). The first-order valence-electron chi connectivity index (χ1n) is 6.25. The highest BCUT2D eigenvalue weighted by molar-refractivity contribution is 5.99. The molecule has 1 nitrogen and oxygen atoms in total. The van der Waals surface area contributed by atoms with Gasteiger partial charge < -0.3 is 0 Å². The van der Waals surface area contributed by atoms with Gasteiger partial charge >= 0.3 is 0 Å². The standard InChI is InChI=1S/C15H17FO/c16-14-9-7-12(8-10-14)11-13-5-3-1-2-4-6-15(13)17/h7-11H,1-6H2. The molecule has 1 aliphatic carbocycles. The Balaban J connectivity index is 2.17. The van der Waals surface area contributed by atoms with Crippen LogP contribution in [0.15, 0.2) is 29.8 Å². The highest BCUT2D eigenvalue weighted by Crippen LogP contribution is 2.21. The molecule has 0 aliphatic heterocycles. The van der Waals surface area contributed by atoms with E-state index in [4.69, 9.17) is 0 Å². The van der Waals surface area contributed by atoms with E-state index in [9.17, 15) is 9.18 Å². The molecule has 0 atom stereocenters. The number of rotatable bonds is 1. The van der Waals surface area contributed by atoms with Crippen molar-refractivity contribution in [2.45, 2.75) is 38.5 Å². The number of Topliss-reactive ketones (excluding diaryl/α,β-unsaturated/α-hetero) is 1. The van der Waals surface area contributed by atoms with Crippen LogP contribution in [0.3, 0.4) is 0 Å². The molecule has 0 N–H and O–H groups in total. The molecule has 1 saturated carbocycles. The second-order valence-corrected chi connectivity index (χ2v) is 4.56. The van der Waals surface area contributed by atoms with Gasteiger partial charge in [0.25, 0.3) is 0 Å². The molecule has 0 spiro atoms. The van der Waals surface area contributed by atoms with Gasteiger partial charge in [-0.3, -0.25) is 4.79 Å². The number of carbonyl (C=O) groups excluding carboxylic acids is 1. The molecule has 1 fully saturated rings. The number of carbonyl (C=O) groups is 1. The lowest BCUT2D eigenvalue weighted by Crippen LogP contribution is -2.05. The van der Waals surface area contributed by atoms with E-state index in [2.05, 4.69) is 0 Å². The molecule has 0 saturated heterocycles. The Morgan fingerprint density at radius 2 is 1.59 bits per heavy atom. The van der Waals surface area contributed by atoms with Crippen molar-refractivity contribution in [3.63, 3.8) is 0 Å². The maximum absolute atomic E-state index is 12.8. The lowest BCUT2D eigenvalue weighted by Gasteiger charge is -2.11. The molecule has 90 valence electrons. The smallest absolute Gasteiger partial charge is 0.158 e. The molecule has 1 aliphatic rings. The minimum Gasteiger partial charge on any atom is -0.295 e. The summed E-state index contributed by atoms with van der Waals surface area (Å²) in [6.45, 7) is 0. The second kappa shape index (κ2) is 5.76. The van der Waals surface area contributed by atoms with Crippen molar-refractivity contribution in [2.75, 3.05) is 0 Å². The first-order chi connectivity index (χ1) is 8.25. The Hall–Kier alpha value is -1.44. The normalized spacial score (nSPS) is 20.1. The number of benzene rings is 1. The molecular formula is C15H17FO. The molecule has 0 bridgehead atoms. The zero-order chi connectivity index (χ0) is 12.1. The van der Waals surface area contributed by atoms with E-state index in [0.29, 0.717) is 6.42 Å². The molecule has 1 aromatic carbocycles. The molecule has 1 aromatic rings. The third kappa shape index (κ3) is 3.52. The van der Waals surface area contributed by atoms with Crippen molar-refractivity contribution in [3.8, 4) is 0 Å². The molecular weight excluding hydrogens is 215 g/mol. The highest BCUT2D eigenvalue weighted by Gasteiger charge is 2.12. The first-order valence-corrected chi connectivity index (χ1v) is 6.25. The highest BCUT2D eigenvalue weighted by atomic mass is 19.1. The Labute approximate surface area is 101 Å². The zero-order valence-electron chi connectivity index (χ0n) is 9.92. The molecule has 0 radical (unpaired) electrons. The fraction of sp³-hybridized carbons (Fsp3) is 0.400. The summed E-state index contributed by atoms with van der Waals surface area (Å²) in [4.78, 5) is 11.9. The van der Waals surface area contributed by atoms with Crippen LogP contribution in [-0.4, -0.2) is 5.78 Å². The van der Waals surface area contributed by atoms with Gasteiger partial charge in [0.2, 0.25) is 0 Å². The van der Waals surface area contributed by atoms with Crippen LogP contribution in [0.4, 0.5) is 4.39 Å². The Morgan fingerprint density at radius 3 is 2.29 bits per heavy atom. The van der Waals surface area contributed by atoms with Crippen molar-refractivity contribution in [3.05, 3.63) is 41.2 Å². The zero-order valence-corrected chi connectivity index (χ0v) is 9.92. The van der Waals surface area contributed by atoms with Gasteiger partial charge in [-0.15, -0.1) is 0 Å². The van der Waals surface area contributed by atoms with Crippen LogP contribution in [0.2, 0.25) is 0 Å². The van der Waals surface area contributed by atoms with Crippen molar-refractivity contribution in [1.82, 2.24) is 0 Å². The van der Waals surface area contributed by atoms with E-state index in [1.807, 2.05) is 6.08 Å². The third-order valence-electron chi connectivity index (χ3n) is 3.17. The third-order valence-corrected chi connectivity index (χ3v) is 3.17. The van der Waals surface area contributed by atoms with Crippen molar-refractivity contribution in [2.24, 2.45) is 0 Å². The van der Waals surface area contributed by atoms with Gasteiger partial charge in [0.1, 0.15) is 5.82 Å². The maximum atomic E-state index is 12.8. The average Bonchev–Trinajstić information content (AvgIpc) is 2.31. The molecule has 0 aromatic heterocycles. The van der Waals surface area contributed by atoms with E-state index < -0.39 is 0 Å². The van der Waals surface area contributed by atoms with Crippen LogP contribution in [0, 0.1) is 5.82 Å². The largest absolute Gasteiger partial charge is 0.295 e. The lowest BCUT2D eigenvalue weighted by molar-refractivity contribution is -0.115.